The molecule has 0 saturated carbocycles. The van der Waals surface area contributed by atoms with Crippen LogP contribution in [-0.4, -0.2) is 69.6 Å². The van der Waals surface area contributed by atoms with Crippen LogP contribution in [0.5, 0.6) is 0 Å². The van der Waals surface area contributed by atoms with Crippen molar-refractivity contribution >= 4 is 57.1 Å². The zero-order chi connectivity index (χ0) is 36.7. The predicted molar refractivity (Wildman–Crippen MR) is 200 cm³/mol. The van der Waals surface area contributed by atoms with Gasteiger partial charge < -0.3 is 21.0 Å². The number of alkyl halides is 1. The Hall–Kier alpha value is -4.67. The minimum atomic E-state index is -1.00. The summed E-state index contributed by atoms with van der Waals surface area (Å²) in [7, 11) is 0. The molecule has 3 aliphatic heterocycles. The molecule has 0 spiro atoms. The van der Waals surface area contributed by atoms with E-state index in [4.69, 9.17) is 23.2 Å². The van der Waals surface area contributed by atoms with Gasteiger partial charge in [-0.1, -0.05) is 35.3 Å². The maximum atomic E-state index is 14.0. The molecule has 14 heteroatoms. The maximum absolute atomic E-state index is 14.0. The van der Waals surface area contributed by atoms with Crippen molar-refractivity contribution in [1.29, 1.82) is 5.26 Å². The van der Waals surface area contributed by atoms with Crippen molar-refractivity contribution in [2.45, 2.75) is 57.4 Å². The first-order chi connectivity index (χ1) is 24.9. The lowest BCUT2D eigenvalue weighted by atomic mass is 9.97. The number of hydrogen-bond donors (Lipinski definition) is 4. The molecule has 4 heterocycles. The monoisotopic (exact) mass is 745 g/mol. The number of carbonyl (C=O) groups excluding carboxylic acids is 1. The van der Waals surface area contributed by atoms with Crippen molar-refractivity contribution in [3.63, 3.8) is 0 Å². The van der Waals surface area contributed by atoms with Gasteiger partial charge in [0.25, 0.3) is 5.91 Å². The Balaban J connectivity index is 1.25. The minimum Gasteiger partial charge on any atom is -0.373 e. The quantitative estimate of drug-likeness (QED) is 0.144. The highest BCUT2D eigenvalue weighted by Gasteiger charge is 2.34. The molecular formula is C38H39Cl2F2N9O. The Labute approximate surface area is 311 Å². The van der Waals surface area contributed by atoms with Crippen LogP contribution in [-0.2, 0) is 0 Å². The molecule has 0 unspecified atom stereocenters. The van der Waals surface area contributed by atoms with Gasteiger partial charge in [0.2, 0.25) is 0 Å². The Morgan fingerprint density at radius 3 is 2.50 bits per heavy atom. The molecule has 2 fully saturated rings. The molecular weight excluding hydrogens is 707 g/mol. The van der Waals surface area contributed by atoms with Crippen molar-refractivity contribution in [3.05, 3.63) is 105 Å². The van der Waals surface area contributed by atoms with Gasteiger partial charge in [0, 0.05) is 59.4 Å². The van der Waals surface area contributed by atoms with Crippen LogP contribution in [0, 0.1) is 17.1 Å². The molecule has 3 aliphatic rings. The molecule has 52 heavy (non-hydrogen) atoms. The molecule has 1 aromatic heterocycles. The number of halogens is 4. The fourth-order valence-corrected chi connectivity index (χ4v) is 7.36. The summed E-state index contributed by atoms with van der Waals surface area (Å²) in [6.07, 6.45) is 4.44. The molecule has 7 rings (SSSR count). The number of fused-ring (bicyclic) bond motifs is 1. The van der Waals surface area contributed by atoms with Gasteiger partial charge in [-0.3, -0.25) is 19.7 Å². The number of nitriles is 1. The fourth-order valence-electron chi connectivity index (χ4n) is 6.91. The van der Waals surface area contributed by atoms with E-state index in [-0.39, 0.29) is 41.2 Å². The second-order valence-electron chi connectivity index (χ2n) is 14.4. The van der Waals surface area contributed by atoms with E-state index in [0.29, 0.717) is 38.6 Å². The zero-order valence-electron chi connectivity index (χ0n) is 29.0. The van der Waals surface area contributed by atoms with Gasteiger partial charge in [-0.15, -0.1) is 5.53 Å². The first-order valence-electron chi connectivity index (χ1n) is 17.2. The molecule has 10 nitrogen and oxygen atoms in total. The number of hydrazine groups is 2. The zero-order valence-corrected chi connectivity index (χ0v) is 30.5. The third kappa shape index (κ3) is 7.32. The number of benzene rings is 3. The van der Waals surface area contributed by atoms with Crippen molar-refractivity contribution < 1.29 is 13.6 Å². The number of piperidine rings is 1. The molecule has 4 aromatic rings. The van der Waals surface area contributed by atoms with Crippen LogP contribution in [0.4, 0.5) is 25.8 Å². The van der Waals surface area contributed by atoms with Gasteiger partial charge in [0.15, 0.2) is 0 Å². The minimum absolute atomic E-state index is 0.0656. The van der Waals surface area contributed by atoms with Crippen molar-refractivity contribution in [1.82, 2.24) is 30.8 Å². The van der Waals surface area contributed by atoms with Crippen molar-refractivity contribution in [3.8, 4) is 6.07 Å². The smallest absolute Gasteiger partial charge is 0.254 e. The average Bonchev–Trinajstić information content (AvgIpc) is 3.61. The van der Waals surface area contributed by atoms with E-state index in [0.717, 1.165) is 37.2 Å². The number of rotatable bonds is 8. The summed E-state index contributed by atoms with van der Waals surface area (Å²) >= 11 is 12.9. The number of hydrogen-bond acceptors (Lipinski definition) is 9. The number of likely N-dealkylation sites (tertiary alicyclic amines) is 2. The van der Waals surface area contributed by atoms with Gasteiger partial charge >= 0.3 is 0 Å². The van der Waals surface area contributed by atoms with Crippen LogP contribution in [0.25, 0.3) is 10.9 Å². The summed E-state index contributed by atoms with van der Waals surface area (Å²) in [5.41, 5.74) is 11.1. The number of pyridine rings is 1. The van der Waals surface area contributed by atoms with Crippen LogP contribution < -0.4 is 21.6 Å². The Morgan fingerprint density at radius 2 is 1.81 bits per heavy atom. The van der Waals surface area contributed by atoms with E-state index in [9.17, 15) is 18.8 Å². The summed E-state index contributed by atoms with van der Waals surface area (Å²) in [4.78, 5) is 21.7. The number of carbonyl (C=O) groups is 1. The van der Waals surface area contributed by atoms with Crippen LogP contribution >= 0.6 is 23.2 Å². The maximum Gasteiger partial charge on any atom is 0.254 e. The van der Waals surface area contributed by atoms with Gasteiger partial charge in [-0.25, -0.2) is 8.78 Å². The van der Waals surface area contributed by atoms with E-state index in [2.05, 4.69) is 69.5 Å². The molecule has 0 aliphatic carbocycles. The number of aromatic nitrogens is 1. The fraction of sp³-hybridized carbons (Fsp3) is 0.342. The summed E-state index contributed by atoms with van der Waals surface area (Å²) in [6.45, 7) is 8.84. The summed E-state index contributed by atoms with van der Waals surface area (Å²) < 4.78 is 27.6. The van der Waals surface area contributed by atoms with Gasteiger partial charge in [0.05, 0.1) is 51.6 Å². The lowest BCUT2D eigenvalue weighted by molar-refractivity contribution is 0.0400. The molecule has 1 amide bonds. The predicted octanol–water partition coefficient (Wildman–Crippen LogP) is 7.67. The lowest BCUT2D eigenvalue weighted by Crippen LogP contribution is -2.52. The highest BCUT2D eigenvalue weighted by atomic mass is 35.5. The average molecular weight is 747 g/mol. The second-order valence-corrected chi connectivity index (χ2v) is 15.2. The van der Waals surface area contributed by atoms with E-state index in [1.54, 1.807) is 12.1 Å². The van der Waals surface area contributed by atoms with Crippen LogP contribution in [0.2, 0.25) is 10.0 Å². The Bertz CT molecular complexity index is 2090. The van der Waals surface area contributed by atoms with E-state index >= 15 is 0 Å². The first-order valence-corrected chi connectivity index (χ1v) is 17.9. The molecule has 270 valence electrons. The van der Waals surface area contributed by atoms with E-state index in [1.807, 2.05) is 24.3 Å². The highest BCUT2D eigenvalue weighted by molar-refractivity contribution is 6.36. The van der Waals surface area contributed by atoms with E-state index in [1.165, 1.54) is 29.3 Å². The number of anilines is 3. The third-order valence-electron chi connectivity index (χ3n) is 9.86. The Kier molecular flexibility index (Phi) is 9.89. The van der Waals surface area contributed by atoms with Gasteiger partial charge in [-0.05, 0) is 81.6 Å². The molecule has 2 saturated heterocycles. The molecule has 1 atom stereocenters. The number of nitrogens with one attached hydrogen (secondary N) is 4. The van der Waals surface area contributed by atoms with Crippen molar-refractivity contribution in [2.75, 3.05) is 36.8 Å². The van der Waals surface area contributed by atoms with Crippen LogP contribution in [0.3, 0.4) is 0 Å². The van der Waals surface area contributed by atoms with Gasteiger partial charge in [0.1, 0.15) is 18.1 Å². The van der Waals surface area contributed by atoms with Crippen molar-refractivity contribution in [2.24, 2.45) is 0 Å². The molecule has 3 aromatic carbocycles. The second kappa shape index (κ2) is 14.4. The summed E-state index contributed by atoms with van der Waals surface area (Å²) in [6, 6.07) is 17.1. The van der Waals surface area contributed by atoms with E-state index < -0.39 is 18.0 Å². The van der Waals surface area contributed by atoms with Crippen LogP contribution in [0.1, 0.15) is 61.1 Å². The topological polar surface area (TPSA) is 112 Å². The number of nitrogens with zero attached hydrogens (tertiary/aromatic N) is 5. The molecule has 0 bridgehead atoms. The largest absolute Gasteiger partial charge is 0.373 e. The Morgan fingerprint density at radius 1 is 1.06 bits per heavy atom. The third-order valence-corrected chi connectivity index (χ3v) is 10.4. The lowest BCUT2D eigenvalue weighted by Gasteiger charge is -2.42. The van der Waals surface area contributed by atoms with Gasteiger partial charge in [-0.2, -0.15) is 5.26 Å². The summed E-state index contributed by atoms with van der Waals surface area (Å²) in [5.74, 6) is -0.790. The SMILES string of the molecule is CC(C)(C)N1CCC(N2C=C([C@@H](Nc3cc(Cl)c4ncc(C#N)c(Nc5ccc(F)c(Cl)c5)c4c3)c3cccc(C(=O)N4CC(F)C4)c3)NN2)CC1. The van der Waals surface area contributed by atoms with Crippen LogP contribution in [0.15, 0.2) is 72.7 Å². The number of amides is 1. The standard InChI is InChI=1S/C38H39Cl2F2N9O/c1-38(2,3)50-11-9-28(10-12-50)51-21-33(47-48-51)35(22-5-4-6-23(13-22)37(52)49-19-25(41)20-49)46-27-14-29-34(45-26-7-8-32(42)30(39)15-26)24(17-43)18-44-36(29)31(40)16-27/h4-8,13-16,18,21,25,28,35,46-48H,9-12,19-20H2,1-3H3,(H,44,45)/t35-/m0/s1. The first kappa shape index (κ1) is 35.7. The highest BCUT2D eigenvalue weighted by Crippen LogP contribution is 2.38. The molecule has 0 radical (unpaired) electrons. The summed E-state index contributed by atoms with van der Waals surface area (Å²) in [5, 5.41) is 19.8. The normalized spacial score (nSPS) is 17.7. The molecule has 4 N–H and O–H groups in total.